The van der Waals surface area contributed by atoms with Crippen LogP contribution >= 0.6 is 11.3 Å². The maximum absolute atomic E-state index is 12.9. The third-order valence-corrected chi connectivity index (χ3v) is 6.51. The third kappa shape index (κ3) is 4.54. The van der Waals surface area contributed by atoms with Crippen molar-refractivity contribution in [2.24, 2.45) is 7.05 Å². The number of aromatic nitrogens is 4. The van der Waals surface area contributed by atoms with Crippen LogP contribution in [-0.4, -0.2) is 30.6 Å². The van der Waals surface area contributed by atoms with Gasteiger partial charge in [0.05, 0.1) is 15.5 Å². The van der Waals surface area contributed by atoms with Crippen molar-refractivity contribution in [3.63, 3.8) is 0 Å². The van der Waals surface area contributed by atoms with Gasteiger partial charge in [0.2, 0.25) is 0 Å². The number of amides is 1. The van der Waals surface area contributed by atoms with Crippen LogP contribution in [0.4, 0.5) is 10.8 Å². The average Bonchev–Trinajstić information content (AvgIpc) is 3.39. The van der Waals surface area contributed by atoms with E-state index >= 15 is 0 Å². The molecule has 4 rings (SSSR count). The number of nitrogens with zero attached hydrogens (tertiary/aromatic N) is 5. The van der Waals surface area contributed by atoms with Crippen molar-refractivity contribution in [1.29, 1.82) is 0 Å². The molecule has 0 unspecified atom stereocenters. The Morgan fingerprint density at radius 1 is 1.15 bits per heavy atom. The van der Waals surface area contributed by atoms with E-state index in [1.54, 1.807) is 11.7 Å². The number of hydrogen-bond donors (Lipinski definition) is 1. The van der Waals surface area contributed by atoms with Crippen molar-refractivity contribution in [2.75, 3.05) is 5.32 Å². The van der Waals surface area contributed by atoms with Crippen LogP contribution in [0.1, 0.15) is 55.0 Å². The first kappa shape index (κ1) is 23.5. The number of fused-ring (bicyclic) bond motifs is 1. The second kappa shape index (κ2) is 8.94. The van der Waals surface area contributed by atoms with Crippen LogP contribution in [-0.2, 0) is 18.9 Å². The molecule has 0 aliphatic rings. The summed E-state index contributed by atoms with van der Waals surface area (Å²) in [5.74, 6) is 0.328. The van der Waals surface area contributed by atoms with Gasteiger partial charge in [-0.3, -0.25) is 19.6 Å². The minimum atomic E-state index is -0.512. The Kier molecular flexibility index (Phi) is 6.18. The van der Waals surface area contributed by atoms with E-state index in [2.05, 4.69) is 55.2 Å². The third-order valence-electron chi connectivity index (χ3n) is 5.48. The normalized spacial score (nSPS) is 11.7. The molecule has 0 saturated carbocycles. The Morgan fingerprint density at radius 3 is 2.44 bits per heavy atom. The van der Waals surface area contributed by atoms with E-state index in [1.807, 2.05) is 12.1 Å². The van der Waals surface area contributed by atoms with Gasteiger partial charge in [-0.15, -0.1) is 0 Å². The summed E-state index contributed by atoms with van der Waals surface area (Å²) in [5.41, 5.74) is 4.15. The summed E-state index contributed by atoms with van der Waals surface area (Å²) < 4.78 is 1.67. The van der Waals surface area contributed by atoms with E-state index in [-0.39, 0.29) is 15.3 Å². The van der Waals surface area contributed by atoms with E-state index in [4.69, 9.17) is 4.98 Å². The average molecular weight is 479 g/mol. The highest BCUT2D eigenvalue weighted by atomic mass is 32.1. The van der Waals surface area contributed by atoms with Gasteiger partial charge in [0.25, 0.3) is 5.91 Å². The minimum Gasteiger partial charge on any atom is -0.304 e. The van der Waals surface area contributed by atoms with Gasteiger partial charge in [0, 0.05) is 18.7 Å². The lowest BCUT2D eigenvalue weighted by molar-refractivity contribution is -0.380. The summed E-state index contributed by atoms with van der Waals surface area (Å²) in [5, 5.41) is 18.4. The first-order valence-corrected chi connectivity index (χ1v) is 11.8. The van der Waals surface area contributed by atoms with Gasteiger partial charge >= 0.3 is 5.00 Å². The minimum absolute atomic E-state index is 0.0173. The summed E-state index contributed by atoms with van der Waals surface area (Å²) in [4.78, 5) is 33.1. The Balaban J connectivity index is 1.81. The number of benzene rings is 1. The quantitative estimate of drug-likeness (QED) is 0.289. The molecule has 1 amide bonds. The lowest BCUT2D eigenvalue weighted by Gasteiger charge is -2.19. The fourth-order valence-corrected chi connectivity index (χ4v) is 4.41. The summed E-state index contributed by atoms with van der Waals surface area (Å²) >= 11 is 0.819. The first-order valence-electron chi connectivity index (χ1n) is 11.0. The number of rotatable bonds is 6. The molecule has 3 aromatic heterocycles. The van der Waals surface area contributed by atoms with E-state index in [0.717, 1.165) is 35.4 Å². The molecule has 0 aliphatic carbocycles. The van der Waals surface area contributed by atoms with Gasteiger partial charge in [-0.2, -0.15) is 5.10 Å². The molecular weight excluding hydrogens is 452 g/mol. The van der Waals surface area contributed by atoms with Crippen LogP contribution < -0.4 is 5.32 Å². The van der Waals surface area contributed by atoms with E-state index in [1.165, 1.54) is 17.7 Å². The number of nitrogens with one attached hydrogen (secondary N) is 1. The molecule has 176 valence electrons. The molecule has 10 heteroatoms. The number of carbonyl (C=O) groups is 1. The zero-order valence-corrected chi connectivity index (χ0v) is 20.6. The molecule has 0 radical (unpaired) electrons. The maximum Gasteiger partial charge on any atom is 0.324 e. The number of nitro groups is 1. The van der Waals surface area contributed by atoms with Crippen molar-refractivity contribution in [3.8, 4) is 11.4 Å². The molecule has 0 bridgehead atoms. The summed E-state index contributed by atoms with van der Waals surface area (Å²) in [6, 6.07) is 10.8. The Labute approximate surface area is 201 Å². The number of aryl methyl sites for hydroxylation is 2. The van der Waals surface area contributed by atoms with E-state index in [9.17, 15) is 14.9 Å². The molecule has 9 nitrogen and oxygen atoms in total. The molecule has 3 heterocycles. The molecule has 0 fully saturated rings. The standard InChI is InChI=1S/C24H26N6O3S/c1-6-7-16-19-20(29(5)28-16)22(27-23(31)17-12-13-18(34-17)30(32)33)26-21(25-19)14-8-10-15(11-9-14)24(2,3)4/h8-13H,6-7H2,1-5H3,(H,25,26,27,31). The molecule has 0 atom stereocenters. The second-order valence-electron chi connectivity index (χ2n) is 9.09. The first-order chi connectivity index (χ1) is 16.1. The predicted octanol–water partition coefficient (Wildman–Crippen LogP) is 5.50. The summed E-state index contributed by atoms with van der Waals surface area (Å²) in [6.45, 7) is 8.53. The van der Waals surface area contributed by atoms with Crippen LogP contribution in [0.25, 0.3) is 22.4 Å². The van der Waals surface area contributed by atoms with Crippen molar-refractivity contribution in [3.05, 3.63) is 62.6 Å². The summed E-state index contributed by atoms with van der Waals surface area (Å²) in [7, 11) is 1.79. The van der Waals surface area contributed by atoms with Crippen LogP contribution in [0.2, 0.25) is 0 Å². The Morgan fingerprint density at radius 2 is 1.85 bits per heavy atom. The maximum atomic E-state index is 12.9. The lowest BCUT2D eigenvalue weighted by Crippen LogP contribution is -2.13. The van der Waals surface area contributed by atoms with Crippen LogP contribution in [0, 0.1) is 10.1 Å². The highest BCUT2D eigenvalue weighted by Crippen LogP contribution is 2.31. The summed E-state index contributed by atoms with van der Waals surface area (Å²) in [6.07, 6.45) is 1.63. The highest BCUT2D eigenvalue weighted by molar-refractivity contribution is 7.17. The van der Waals surface area contributed by atoms with Crippen LogP contribution in [0.3, 0.4) is 0 Å². The lowest BCUT2D eigenvalue weighted by atomic mass is 9.87. The van der Waals surface area contributed by atoms with Crippen molar-refractivity contribution < 1.29 is 9.72 Å². The number of carbonyl (C=O) groups excluding carboxylic acids is 1. The van der Waals surface area contributed by atoms with Crippen molar-refractivity contribution in [2.45, 2.75) is 46.0 Å². The van der Waals surface area contributed by atoms with Crippen molar-refractivity contribution >= 4 is 39.1 Å². The zero-order valence-electron chi connectivity index (χ0n) is 19.7. The molecule has 0 aliphatic heterocycles. The van der Waals surface area contributed by atoms with Crippen molar-refractivity contribution in [1.82, 2.24) is 19.7 Å². The number of thiophene rings is 1. The van der Waals surface area contributed by atoms with Crippen LogP contribution in [0.5, 0.6) is 0 Å². The molecule has 4 aromatic rings. The van der Waals surface area contributed by atoms with E-state index in [0.29, 0.717) is 22.7 Å². The van der Waals surface area contributed by atoms with Gasteiger partial charge < -0.3 is 5.32 Å². The highest BCUT2D eigenvalue weighted by Gasteiger charge is 2.22. The molecule has 1 N–H and O–H groups in total. The van der Waals surface area contributed by atoms with Gasteiger partial charge in [-0.1, -0.05) is 69.7 Å². The van der Waals surface area contributed by atoms with Gasteiger partial charge in [-0.25, -0.2) is 9.97 Å². The zero-order chi connectivity index (χ0) is 24.6. The topological polar surface area (TPSA) is 116 Å². The molecule has 0 saturated heterocycles. The van der Waals surface area contributed by atoms with Gasteiger partial charge in [0.1, 0.15) is 11.0 Å². The van der Waals surface area contributed by atoms with Crippen LogP contribution in [0.15, 0.2) is 36.4 Å². The predicted molar refractivity (Wildman–Crippen MR) is 133 cm³/mol. The monoisotopic (exact) mass is 478 g/mol. The fourth-order valence-electron chi connectivity index (χ4n) is 3.70. The molecule has 34 heavy (non-hydrogen) atoms. The largest absolute Gasteiger partial charge is 0.324 e. The Hall–Kier alpha value is -3.66. The molecular formula is C24H26N6O3S. The van der Waals surface area contributed by atoms with Gasteiger partial charge in [0.15, 0.2) is 11.6 Å². The fraction of sp³-hybridized carbons (Fsp3) is 0.333. The molecule has 1 aromatic carbocycles. The van der Waals surface area contributed by atoms with E-state index < -0.39 is 10.8 Å². The Bertz CT molecular complexity index is 1380. The molecule has 0 spiro atoms. The van der Waals surface area contributed by atoms with Gasteiger partial charge in [-0.05, 0) is 23.5 Å². The second-order valence-corrected chi connectivity index (χ2v) is 10.2. The smallest absolute Gasteiger partial charge is 0.304 e. The SMILES string of the molecule is CCCc1nn(C)c2c(NC(=O)c3ccc([N+](=O)[O-])s3)nc(-c3ccc(C(C)(C)C)cc3)nc12. The number of hydrogen-bond acceptors (Lipinski definition) is 7. The number of anilines is 1.